The Hall–Kier alpha value is -0.570. The molecule has 0 atom stereocenters. The number of nitrogens with zero attached hydrogens (tertiary/aromatic N) is 2. The van der Waals surface area contributed by atoms with Crippen LogP contribution < -0.4 is 0 Å². The molecule has 1 rings (SSSR count). The zero-order valence-corrected chi connectivity index (χ0v) is 10.5. The molecule has 0 bridgehead atoms. The SMILES string of the molecule is CN(C)CCN(C)Cc1ccccc1Cl. The van der Waals surface area contributed by atoms with Crippen molar-refractivity contribution < 1.29 is 0 Å². The van der Waals surface area contributed by atoms with E-state index in [0.717, 1.165) is 24.7 Å². The monoisotopic (exact) mass is 226 g/mol. The summed E-state index contributed by atoms with van der Waals surface area (Å²) >= 11 is 6.09. The molecule has 0 unspecified atom stereocenters. The Kier molecular flexibility index (Phi) is 5.09. The first kappa shape index (κ1) is 12.5. The number of hydrogen-bond donors (Lipinski definition) is 0. The van der Waals surface area contributed by atoms with Crippen LogP contribution in [0.2, 0.25) is 5.02 Å². The maximum atomic E-state index is 6.09. The summed E-state index contributed by atoms with van der Waals surface area (Å²) in [6.07, 6.45) is 0. The van der Waals surface area contributed by atoms with Crippen LogP contribution in [0.5, 0.6) is 0 Å². The highest BCUT2D eigenvalue weighted by Crippen LogP contribution is 2.16. The summed E-state index contributed by atoms with van der Waals surface area (Å²) in [5.41, 5.74) is 1.19. The fourth-order valence-corrected chi connectivity index (χ4v) is 1.56. The van der Waals surface area contributed by atoms with Gasteiger partial charge in [0.1, 0.15) is 0 Å². The smallest absolute Gasteiger partial charge is 0.0451 e. The zero-order chi connectivity index (χ0) is 11.3. The van der Waals surface area contributed by atoms with Gasteiger partial charge in [0.25, 0.3) is 0 Å². The number of rotatable bonds is 5. The van der Waals surface area contributed by atoms with Gasteiger partial charge in [0.15, 0.2) is 0 Å². The van der Waals surface area contributed by atoms with Gasteiger partial charge < -0.3 is 9.80 Å². The summed E-state index contributed by atoms with van der Waals surface area (Å²) in [6, 6.07) is 8.01. The maximum absolute atomic E-state index is 6.09. The number of hydrogen-bond acceptors (Lipinski definition) is 2. The average Bonchev–Trinajstić information content (AvgIpc) is 2.18. The van der Waals surface area contributed by atoms with Crippen molar-refractivity contribution in [2.24, 2.45) is 0 Å². The minimum Gasteiger partial charge on any atom is -0.308 e. The van der Waals surface area contributed by atoms with Crippen molar-refractivity contribution in [3.05, 3.63) is 34.9 Å². The van der Waals surface area contributed by atoms with Gasteiger partial charge in [-0.3, -0.25) is 0 Å². The second kappa shape index (κ2) is 6.11. The van der Waals surface area contributed by atoms with Crippen LogP contribution in [0.15, 0.2) is 24.3 Å². The molecule has 0 N–H and O–H groups in total. The van der Waals surface area contributed by atoms with Gasteiger partial charge in [-0.1, -0.05) is 29.8 Å². The van der Waals surface area contributed by atoms with Gasteiger partial charge in [-0.15, -0.1) is 0 Å². The molecule has 0 saturated carbocycles. The van der Waals surface area contributed by atoms with Crippen LogP contribution in [0.3, 0.4) is 0 Å². The van der Waals surface area contributed by atoms with Gasteiger partial charge in [0.05, 0.1) is 0 Å². The third-order valence-electron chi connectivity index (χ3n) is 2.33. The van der Waals surface area contributed by atoms with Crippen molar-refractivity contribution in [3.63, 3.8) is 0 Å². The second-order valence-electron chi connectivity index (χ2n) is 4.13. The van der Waals surface area contributed by atoms with Gasteiger partial charge in [0, 0.05) is 24.7 Å². The third kappa shape index (κ3) is 4.65. The summed E-state index contributed by atoms with van der Waals surface area (Å²) in [5, 5.41) is 0.856. The van der Waals surface area contributed by atoms with Crippen LogP contribution in [-0.2, 0) is 6.54 Å². The first-order chi connectivity index (χ1) is 7.09. The molecule has 0 aliphatic carbocycles. The molecular formula is C12H19ClN2. The molecule has 1 aromatic carbocycles. The molecule has 1 aromatic rings. The predicted octanol–water partition coefficient (Wildman–Crippen LogP) is 2.33. The first-order valence-electron chi connectivity index (χ1n) is 5.16. The van der Waals surface area contributed by atoms with Gasteiger partial charge in [-0.2, -0.15) is 0 Å². The van der Waals surface area contributed by atoms with E-state index in [1.807, 2.05) is 18.2 Å². The van der Waals surface area contributed by atoms with E-state index in [1.54, 1.807) is 0 Å². The molecule has 0 fully saturated rings. The van der Waals surface area contributed by atoms with Crippen LogP contribution in [0.4, 0.5) is 0 Å². The molecule has 0 aromatic heterocycles. The Labute approximate surface area is 97.4 Å². The average molecular weight is 227 g/mol. The number of likely N-dealkylation sites (N-methyl/N-ethyl adjacent to an activating group) is 2. The molecule has 0 aliphatic heterocycles. The van der Waals surface area contributed by atoms with E-state index >= 15 is 0 Å². The fraction of sp³-hybridized carbons (Fsp3) is 0.500. The molecule has 2 nitrogen and oxygen atoms in total. The van der Waals surface area contributed by atoms with Gasteiger partial charge in [-0.05, 0) is 32.8 Å². The van der Waals surface area contributed by atoms with Crippen LogP contribution in [0.25, 0.3) is 0 Å². The van der Waals surface area contributed by atoms with E-state index in [1.165, 1.54) is 5.56 Å². The summed E-state index contributed by atoms with van der Waals surface area (Å²) in [7, 11) is 6.29. The maximum Gasteiger partial charge on any atom is 0.0451 e. The van der Waals surface area contributed by atoms with Crippen molar-refractivity contribution in [3.8, 4) is 0 Å². The van der Waals surface area contributed by atoms with Crippen LogP contribution in [0, 0.1) is 0 Å². The van der Waals surface area contributed by atoms with E-state index in [-0.39, 0.29) is 0 Å². The lowest BCUT2D eigenvalue weighted by Crippen LogP contribution is -2.28. The van der Waals surface area contributed by atoms with Crippen molar-refractivity contribution in [1.29, 1.82) is 0 Å². The largest absolute Gasteiger partial charge is 0.308 e. The highest BCUT2D eigenvalue weighted by Gasteiger charge is 2.03. The number of benzene rings is 1. The lowest BCUT2D eigenvalue weighted by Gasteiger charge is -2.19. The van der Waals surface area contributed by atoms with Crippen LogP contribution in [-0.4, -0.2) is 44.0 Å². The molecule has 0 heterocycles. The molecule has 0 amide bonds. The minimum atomic E-state index is 0.856. The van der Waals surface area contributed by atoms with Crippen molar-refractivity contribution in [2.75, 3.05) is 34.2 Å². The minimum absolute atomic E-state index is 0.856. The quantitative estimate of drug-likeness (QED) is 0.761. The third-order valence-corrected chi connectivity index (χ3v) is 2.70. The topological polar surface area (TPSA) is 6.48 Å². The Bertz CT molecular complexity index is 299. The van der Waals surface area contributed by atoms with Gasteiger partial charge in [-0.25, -0.2) is 0 Å². The summed E-state index contributed by atoms with van der Waals surface area (Å²) in [4.78, 5) is 4.46. The van der Waals surface area contributed by atoms with E-state index < -0.39 is 0 Å². The Balaban J connectivity index is 2.44. The normalized spacial score (nSPS) is 11.3. The lowest BCUT2D eigenvalue weighted by atomic mass is 10.2. The van der Waals surface area contributed by atoms with Crippen molar-refractivity contribution in [2.45, 2.75) is 6.54 Å². The molecule has 0 radical (unpaired) electrons. The summed E-state index contributed by atoms with van der Waals surface area (Å²) in [6.45, 7) is 3.03. The van der Waals surface area contributed by atoms with Crippen LogP contribution >= 0.6 is 11.6 Å². The number of halogens is 1. The zero-order valence-electron chi connectivity index (χ0n) is 9.70. The molecule has 0 saturated heterocycles. The highest BCUT2D eigenvalue weighted by molar-refractivity contribution is 6.31. The molecular weight excluding hydrogens is 208 g/mol. The van der Waals surface area contributed by atoms with E-state index in [2.05, 4.69) is 37.0 Å². The highest BCUT2D eigenvalue weighted by atomic mass is 35.5. The van der Waals surface area contributed by atoms with Crippen molar-refractivity contribution in [1.82, 2.24) is 9.80 Å². The molecule has 0 aliphatic rings. The van der Waals surface area contributed by atoms with Gasteiger partial charge >= 0.3 is 0 Å². The Morgan fingerprint density at radius 3 is 2.33 bits per heavy atom. The van der Waals surface area contributed by atoms with Crippen molar-refractivity contribution >= 4 is 11.6 Å². The molecule has 3 heteroatoms. The Morgan fingerprint density at radius 1 is 1.07 bits per heavy atom. The molecule has 15 heavy (non-hydrogen) atoms. The van der Waals surface area contributed by atoms with Gasteiger partial charge in [0.2, 0.25) is 0 Å². The summed E-state index contributed by atoms with van der Waals surface area (Å²) in [5.74, 6) is 0. The fourth-order valence-electron chi connectivity index (χ4n) is 1.37. The van der Waals surface area contributed by atoms with Crippen LogP contribution in [0.1, 0.15) is 5.56 Å². The van der Waals surface area contributed by atoms with E-state index in [9.17, 15) is 0 Å². The first-order valence-corrected chi connectivity index (χ1v) is 5.54. The predicted molar refractivity (Wildman–Crippen MR) is 66.3 cm³/mol. The molecule has 84 valence electrons. The standard InChI is InChI=1S/C12H19ClN2/c1-14(2)8-9-15(3)10-11-6-4-5-7-12(11)13/h4-7H,8-10H2,1-3H3. The summed E-state index contributed by atoms with van der Waals surface area (Å²) < 4.78 is 0. The van der Waals surface area contributed by atoms with E-state index in [0.29, 0.717) is 0 Å². The lowest BCUT2D eigenvalue weighted by molar-refractivity contribution is 0.276. The Morgan fingerprint density at radius 2 is 1.73 bits per heavy atom. The van der Waals surface area contributed by atoms with E-state index in [4.69, 9.17) is 11.6 Å². The molecule has 0 spiro atoms. The second-order valence-corrected chi connectivity index (χ2v) is 4.54.